The molecule has 2 aromatic carbocycles. The van der Waals surface area contributed by atoms with Crippen molar-refractivity contribution in [2.75, 3.05) is 0 Å². The molecular formula is C13H9NO3S2. The molecule has 3 rings (SSSR count). The fraction of sp³-hybridized carbons (Fsp3) is 0. The van der Waals surface area contributed by atoms with Gasteiger partial charge in [-0.15, -0.1) is 11.3 Å². The van der Waals surface area contributed by atoms with E-state index in [4.69, 9.17) is 4.55 Å². The first-order chi connectivity index (χ1) is 9.04. The quantitative estimate of drug-likeness (QED) is 0.736. The molecule has 4 nitrogen and oxygen atoms in total. The summed E-state index contributed by atoms with van der Waals surface area (Å²) in [5.74, 6) is 0. The second-order valence-corrected chi connectivity index (χ2v) is 6.44. The minimum Gasteiger partial charge on any atom is -0.282 e. The Morgan fingerprint density at radius 1 is 1.05 bits per heavy atom. The first-order valence-electron chi connectivity index (χ1n) is 5.47. The van der Waals surface area contributed by atoms with Crippen LogP contribution < -0.4 is 0 Å². The van der Waals surface area contributed by atoms with Crippen LogP contribution in [0.15, 0.2) is 53.4 Å². The summed E-state index contributed by atoms with van der Waals surface area (Å²) in [6.45, 7) is 0. The summed E-state index contributed by atoms with van der Waals surface area (Å²) in [7, 11) is -4.19. The van der Waals surface area contributed by atoms with Gasteiger partial charge in [0.15, 0.2) is 0 Å². The van der Waals surface area contributed by atoms with Crippen molar-refractivity contribution in [3.63, 3.8) is 0 Å². The smallest absolute Gasteiger partial charge is 0.282 e. The van der Waals surface area contributed by atoms with Gasteiger partial charge in [0.05, 0.1) is 15.1 Å². The first kappa shape index (κ1) is 12.3. The number of benzene rings is 2. The van der Waals surface area contributed by atoms with Gasteiger partial charge >= 0.3 is 0 Å². The fourth-order valence-corrected chi connectivity index (χ4v) is 3.27. The first-order valence-corrected chi connectivity index (χ1v) is 7.73. The highest BCUT2D eigenvalue weighted by atomic mass is 32.2. The second-order valence-electron chi connectivity index (χ2n) is 3.99. The van der Waals surface area contributed by atoms with Gasteiger partial charge in [0.2, 0.25) is 0 Å². The Morgan fingerprint density at radius 3 is 2.58 bits per heavy atom. The van der Waals surface area contributed by atoms with Crippen LogP contribution in [0.5, 0.6) is 0 Å². The van der Waals surface area contributed by atoms with Gasteiger partial charge in [-0.1, -0.05) is 24.3 Å². The van der Waals surface area contributed by atoms with Gasteiger partial charge in [0.1, 0.15) is 5.01 Å². The van der Waals surface area contributed by atoms with Crippen molar-refractivity contribution in [3.05, 3.63) is 48.5 Å². The maximum Gasteiger partial charge on any atom is 0.294 e. The average Bonchev–Trinajstić information content (AvgIpc) is 2.81. The number of thiazole rings is 1. The molecule has 0 amide bonds. The third-order valence-electron chi connectivity index (χ3n) is 2.67. The van der Waals surface area contributed by atoms with Crippen molar-refractivity contribution in [2.45, 2.75) is 4.90 Å². The molecule has 0 atom stereocenters. The lowest BCUT2D eigenvalue weighted by Gasteiger charge is -1.99. The van der Waals surface area contributed by atoms with Crippen LogP contribution >= 0.6 is 11.3 Å². The molecule has 0 fully saturated rings. The van der Waals surface area contributed by atoms with Gasteiger partial charge in [0.25, 0.3) is 10.1 Å². The van der Waals surface area contributed by atoms with E-state index in [1.165, 1.54) is 23.5 Å². The number of fused-ring (bicyclic) bond motifs is 1. The van der Waals surface area contributed by atoms with Crippen molar-refractivity contribution < 1.29 is 13.0 Å². The van der Waals surface area contributed by atoms with E-state index in [2.05, 4.69) is 4.98 Å². The topological polar surface area (TPSA) is 67.3 Å². The highest BCUT2D eigenvalue weighted by Crippen LogP contribution is 2.30. The molecule has 3 aromatic rings. The lowest BCUT2D eigenvalue weighted by molar-refractivity contribution is 0.483. The number of aromatic nitrogens is 1. The number of hydrogen-bond acceptors (Lipinski definition) is 4. The molecule has 0 unspecified atom stereocenters. The van der Waals surface area contributed by atoms with Crippen LogP contribution in [0.25, 0.3) is 20.8 Å². The molecule has 0 aliphatic heterocycles. The summed E-state index contributed by atoms with van der Waals surface area (Å²) in [5.41, 5.74) is 1.55. The second kappa shape index (κ2) is 4.41. The average molecular weight is 291 g/mol. The molecule has 0 spiro atoms. The number of hydrogen-bond donors (Lipinski definition) is 1. The molecule has 0 radical (unpaired) electrons. The van der Waals surface area contributed by atoms with Crippen LogP contribution in [0.3, 0.4) is 0 Å². The molecular weight excluding hydrogens is 282 g/mol. The van der Waals surface area contributed by atoms with Crippen LogP contribution in [-0.4, -0.2) is 18.0 Å². The van der Waals surface area contributed by atoms with E-state index in [1.54, 1.807) is 12.1 Å². The predicted molar refractivity (Wildman–Crippen MR) is 74.9 cm³/mol. The standard InChI is InChI=1S/C13H9NO3S2/c15-19(16,17)10-5-3-4-9(8-10)13-14-11-6-1-2-7-12(11)18-13/h1-8H,(H,15,16,17). The Hall–Kier alpha value is -1.76. The van der Waals surface area contributed by atoms with Crippen molar-refractivity contribution in [1.29, 1.82) is 0 Å². The number of para-hydroxylation sites is 1. The van der Waals surface area contributed by atoms with Crippen LogP contribution in [0.1, 0.15) is 0 Å². The van der Waals surface area contributed by atoms with Crippen molar-refractivity contribution >= 4 is 31.7 Å². The van der Waals surface area contributed by atoms with E-state index >= 15 is 0 Å². The molecule has 0 saturated heterocycles. The predicted octanol–water partition coefficient (Wildman–Crippen LogP) is 3.21. The lowest BCUT2D eigenvalue weighted by atomic mass is 10.2. The highest BCUT2D eigenvalue weighted by molar-refractivity contribution is 7.85. The Balaban J connectivity index is 2.16. The maximum atomic E-state index is 11.1. The molecule has 96 valence electrons. The lowest BCUT2D eigenvalue weighted by Crippen LogP contribution is -1.97. The monoisotopic (exact) mass is 291 g/mol. The Bertz CT molecular complexity index is 820. The molecule has 1 N–H and O–H groups in total. The zero-order chi connectivity index (χ0) is 13.5. The minimum atomic E-state index is -4.19. The van der Waals surface area contributed by atoms with E-state index in [1.807, 2.05) is 24.3 Å². The van der Waals surface area contributed by atoms with Crippen molar-refractivity contribution in [2.24, 2.45) is 0 Å². The van der Waals surface area contributed by atoms with Gasteiger partial charge in [-0.05, 0) is 24.3 Å². The highest BCUT2D eigenvalue weighted by Gasteiger charge is 2.12. The minimum absolute atomic E-state index is 0.121. The molecule has 0 bridgehead atoms. The van der Waals surface area contributed by atoms with Crippen LogP contribution in [0.4, 0.5) is 0 Å². The zero-order valence-corrected chi connectivity index (χ0v) is 11.3. The molecule has 0 aliphatic rings. The summed E-state index contributed by atoms with van der Waals surface area (Å²) >= 11 is 1.48. The van der Waals surface area contributed by atoms with Gasteiger partial charge in [-0.3, -0.25) is 4.55 Å². The Labute approximate surface area is 114 Å². The normalized spacial score (nSPS) is 11.8. The van der Waals surface area contributed by atoms with Gasteiger partial charge in [-0.2, -0.15) is 8.42 Å². The third kappa shape index (κ3) is 2.37. The van der Waals surface area contributed by atoms with Gasteiger partial charge in [-0.25, -0.2) is 4.98 Å². The van der Waals surface area contributed by atoms with Crippen molar-refractivity contribution in [3.8, 4) is 10.6 Å². The largest absolute Gasteiger partial charge is 0.294 e. The van der Waals surface area contributed by atoms with Crippen molar-refractivity contribution in [1.82, 2.24) is 4.98 Å². The molecule has 1 aromatic heterocycles. The zero-order valence-electron chi connectivity index (χ0n) is 9.65. The van der Waals surface area contributed by atoms with E-state index in [0.29, 0.717) is 5.56 Å². The third-order valence-corrected chi connectivity index (χ3v) is 4.61. The molecule has 0 saturated carbocycles. The number of nitrogens with zero attached hydrogens (tertiary/aromatic N) is 1. The maximum absolute atomic E-state index is 11.1. The number of rotatable bonds is 2. The van der Waals surface area contributed by atoms with Crippen LogP contribution in [0.2, 0.25) is 0 Å². The van der Waals surface area contributed by atoms with E-state index in [9.17, 15) is 8.42 Å². The Morgan fingerprint density at radius 2 is 1.84 bits per heavy atom. The van der Waals surface area contributed by atoms with Crippen LogP contribution in [0, 0.1) is 0 Å². The summed E-state index contributed by atoms with van der Waals surface area (Å²) in [6.07, 6.45) is 0. The summed E-state index contributed by atoms with van der Waals surface area (Å²) in [5, 5.41) is 0.728. The van der Waals surface area contributed by atoms with E-state index in [-0.39, 0.29) is 4.90 Å². The van der Waals surface area contributed by atoms with E-state index < -0.39 is 10.1 Å². The van der Waals surface area contributed by atoms with E-state index in [0.717, 1.165) is 15.2 Å². The molecule has 19 heavy (non-hydrogen) atoms. The van der Waals surface area contributed by atoms with Crippen LogP contribution in [-0.2, 0) is 10.1 Å². The SMILES string of the molecule is O=S(=O)(O)c1cccc(-c2nc3ccccc3s2)c1. The fourth-order valence-electron chi connectivity index (χ4n) is 1.79. The van der Waals surface area contributed by atoms with Gasteiger partial charge < -0.3 is 0 Å². The summed E-state index contributed by atoms with van der Waals surface area (Å²) in [4.78, 5) is 4.33. The van der Waals surface area contributed by atoms with Gasteiger partial charge in [0, 0.05) is 5.56 Å². The summed E-state index contributed by atoms with van der Waals surface area (Å²) in [6, 6.07) is 13.8. The molecule has 0 aliphatic carbocycles. The Kier molecular flexibility index (Phi) is 2.85. The summed E-state index contributed by atoms with van der Waals surface area (Å²) < 4.78 is 32.3. The molecule has 1 heterocycles. The molecule has 6 heteroatoms.